The summed E-state index contributed by atoms with van der Waals surface area (Å²) >= 11 is 0. The summed E-state index contributed by atoms with van der Waals surface area (Å²) < 4.78 is 0. The van der Waals surface area contributed by atoms with Crippen molar-refractivity contribution in [1.29, 1.82) is 0 Å². The maximum absolute atomic E-state index is 2.31. The number of hydrogen-bond donors (Lipinski definition) is 0. The summed E-state index contributed by atoms with van der Waals surface area (Å²) in [5, 5.41) is 0. The SMILES string of the molecule is C1=CCCC/C=C\CC/C=C\C=C\C1. The first-order chi connectivity index (χ1) is 7.00. The molecule has 0 saturated carbocycles. The highest BCUT2D eigenvalue weighted by molar-refractivity contribution is 5.05. The minimum absolute atomic E-state index is 1.07. The quantitative estimate of drug-likeness (QED) is 0.489. The van der Waals surface area contributed by atoms with Gasteiger partial charge >= 0.3 is 0 Å². The van der Waals surface area contributed by atoms with Gasteiger partial charge in [0.25, 0.3) is 0 Å². The van der Waals surface area contributed by atoms with Gasteiger partial charge < -0.3 is 0 Å². The smallest absolute Gasteiger partial charge is 0.0166 e. The highest BCUT2D eigenvalue weighted by Gasteiger charge is 1.82. The van der Waals surface area contributed by atoms with E-state index < -0.39 is 0 Å². The van der Waals surface area contributed by atoms with Gasteiger partial charge in [-0.2, -0.15) is 0 Å². The third kappa shape index (κ3) is 6.47. The van der Waals surface area contributed by atoms with Crippen LogP contribution in [0.2, 0.25) is 0 Å². The molecule has 0 nitrogen and oxygen atoms in total. The highest BCUT2D eigenvalue weighted by Crippen LogP contribution is 2.02. The zero-order chi connectivity index (χ0) is 9.90. The summed E-state index contributed by atoms with van der Waals surface area (Å²) in [4.78, 5) is 0. The molecule has 0 N–H and O–H groups in total. The predicted molar refractivity (Wildman–Crippen MR) is 64.3 cm³/mol. The van der Waals surface area contributed by atoms with Gasteiger partial charge in [-0.25, -0.2) is 0 Å². The second-order valence-electron chi connectivity index (χ2n) is 3.54. The average Bonchev–Trinajstić information content (AvgIpc) is 2.22. The van der Waals surface area contributed by atoms with Crippen molar-refractivity contribution in [3.8, 4) is 0 Å². The molecule has 0 atom stereocenters. The van der Waals surface area contributed by atoms with E-state index in [9.17, 15) is 0 Å². The fourth-order valence-electron chi connectivity index (χ4n) is 1.41. The van der Waals surface area contributed by atoms with E-state index in [0.29, 0.717) is 0 Å². The fourth-order valence-corrected chi connectivity index (χ4v) is 1.41. The highest BCUT2D eigenvalue weighted by atomic mass is 13.9. The maximum Gasteiger partial charge on any atom is -0.0166 e. The van der Waals surface area contributed by atoms with Crippen LogP contribution in [0.3, 0.4) is 0 Å². The number of allylic oxidation sites excluding steroid dienone is 8. The van der Waals surface area contributed by atoms with Crippen molar-refractivity contribution in [2.24, 2.45) is 0 Å². The van der Waals surface area contributed by atoms with Crippen molar-refractivity contribution in [2.45, 2.75) is 38.5 Å². The van der Waals surface area contributed by atoms with Gasteiger partial charge in [0.2, 0.25) is 0 Å². The second-order valence-corrected chi connectivity index (χ2v) is 3.54. The molecule has 0 aromatic rings. The van der Waals surface area contributed by atoms with E-state index in [0.717, 1.165) is 12.8 Å². The predicted octanol–water partition coefficient (Wildman–Crippen LogP) is 4.57. The molecule has 0 fully saturated rings. The van der Waals surface area contributed by atoms with E-state index >= 15 is 0 Å². The van der Waals surface area contributed by atoms with E-state index in [4.69, 9.17) is 0 Å². The molecule has 1 rings (SSSR count). The molecule has 0 aromatic carbocycles. The van der Waals surface area contributed by atoms with E-state index in [2.05, 4.69) is 48.6 Å². The topological polar surface area (TPSA) is 0 Å². The van der Waals surface area contributed by atoms with Gasteiger partial charge in [-0.15, -0.1) is 0 Å². The van der Waals surface area contributed by atoms with E-state index in [1.807, 2.05) is 0 Å². The van der Waals surface area contributed by atoms with Crippen molar-refractivity contribution in [2.75, 3.05) is 0 Å². The van der Waals surface area contributed by atoms with Crippen molar-refractivity contribution in [1.82, 2.24) is 0 Å². The molecule has 1 aliphatic carbocycles. The van der Waals surface area contributed by atoms with Gasteiger partial charge in [0, 0.05) is 0 Å². The molecular weight excluding hydrogens is 168 g/mol. The molecule has 0 spiro atoms. The zero-order valence-corrected chi connectivity index (χ0v) is 8.86. The molecule has 0 aromatic heterocycles. The monoisotopic (exact) mass is 188 g/mol. The van der Waals surface area contributed by atoms with Crippen LogP contribution < -0.4 is 0 Å². The molecule has 0 bridgehead atoms. The van der Waals surface area contributed by atoms with Gasteiger partial charge in [0.1, 0.15) is 0 Å². The molecule has 0 saturated heterocycles. The minimum Gasteiger partial charge on any atom is -0.0885 e. The molecule has 0 heterocycles. The lowest BCUT2D eigenvalue weighted by molar-refractivity contribution is 0.860. The minimum atomic E-state index is 1.07. The number of rotatable bonds is 0. The van der Waals surface area contributed by atoms with Crippen LogP contribution in [0, 0.1) is 0 Å². The van der Waals surface area contributed by atoms with Crippen LogP contribution in [-0.2, 0) is 0 Å². The summed E-state index contributed by atoms with van der Waals surface area (Å²) in [5.74, 6) is 0. The first kappa shape index (κ1) is 11.0. The van der Waals surface area contributed by atoms with Gasteiger partial charge in [-0.3, -0.25) is 0 Å². The maximum atomic E-state index is 2.31. The lowest BCUT2D eigenvalue weighted by Crippen LogP contribution is -1.71. The molecule has 0 heteroatoms. The Bertz CT molecular complexity index is 228. The van der Waals surface area contributed by atoms with E-state index in [1.165, 1.54) is 25.7 Å². The molecule has 76 valence electrons. The van der Waals surface area contributed by atoms with Gasteiger partial charge in [-0.05, 0) is 38.5 Å². The summed E-state index contributed by atoms with van der Waals surface area (Å²) in [6.45, 7) is 0. The third-order valence-corrected chi connectivity index (χ3v) is 2.23. The van der Waals surface area contributed by atoms with E-state index in [-0.39, 0.29) is 0 Å². The molecular formula is C14H20. The Balaban J connectivity index is 2.35. The molecule has 14 heavy (non-hydrogen) atoms. The standard InChI is InChI=1S/C14H20/c1-2-4-6-8-10-12-14-13-11-9-7-5-3-1/h1-4,7,9-10,12H,5-6,8,11,13-14H2/b3-1+,4-2-,9-7?,12-10-. The first-order valence-electron chi connectivity index (χ1n) is 5.62. The number of hydrogen-bond acceptors (Lipinski definition) is 0. The van der Waals surface area contributed by atoms with Gasteiger partial charge in [0.15, 0.2) is 0 Å². The van der Waals surface area contributed by atoms with Crippen molar-refractivity contribution in [3.05, 3.63) is 48.6 Å². The van der Waals surface area contributed by atoms with Gasteiger partial charge in [0.05, 0.1) is 0 Å². The summed E-state index contributed by atoms with van der Waals surface area (Å²) in [7, 11) is 0. The molecule has 0 unspecified atom stereocenters. The zero-order valence-electron chi connectivity index (χ0n) is 8.86. The fraction of sp³-hybridized carbons (Fsp3) is 0.429. The molecule has 0 amide bonds. The van der Waals surface area contributed by atoms with Gasteiger partial charge in [-0.1, -0.05) is 48.6 Å². The lowest BCUT2D eigenvalue weighted by atomic mass is 10.2. The van der Waals surface area contributed by atoms with Crippen LogP contribution in [0.15, 0.2) is 48.6 Å². The Hall–Kier alpha value is -1.04. The molecule has 1 aliphatic rings. The van der Waals surface area contributed by atoms with Crippen LogP contribution in [0.4, 0.5) is 0 Å². The summed E-state index contributed by atoms with van der Waals surface area (Å²) in [6.07, 6.45) is 25.0. The Morgan fingerprint density at radius 3 is 2.07 bits per heavy atom. The van der Waals surface area contributed by atoms with Crippen LogP contribution in [-0.4, -0.2) is 0 Å². The van der Waals surface area contributed by atoms with Crippen molar-refractivity contribution >= 4 is 0 Å². The third-order valence-electron chi connectivity index (χ3n) is 2.23. The normalized spacial score (nSPS) is 26.3. The van der Waals surface area contributed by atoms with Crippen LogP contribution in [0.25, 0.3) is 0 Å². The van der Waals surface area contributed by atoms with Crippen LogP contribution in [0.1, 0.15) is 38.5 Å². The van der Waals surface area contributed by atoms with E-state index in [1.54, 1.807) is 0 Å². The Morgan fingerprint density at radius 2 is 1.14 bits per heavy atom. The van der Waals surface area contributed by atoms with Crippen molar-refractivity contribution in [3.63, 3.8) is 0 Å². The van der Waals surface area contributed by atoms with Crippen LogP contribution in [0.5, 0.6) is 0 Å². The molecule has 0 aliphatic heterocycles. The Kier molecular flexibility index (Phi) is 6.74. The molecule has 0 radical (unpaired) electrons. The first-order valence-corrected chi connectivity index (χ1v) is 5.62. The van der Waals surface area contributed by atoms with Crippen molar-refractivity contribution < 1.29 is 0 Å². The summed E-state index contributed by atoms with van der Waals surface area (Å²) in [5.41, 5.74) is 0. The Labute approximate surface area is 87.7 Å². The van der Waals surface area contributed by atoms with Crippen LogP contribution >= 0.6 is 0 Å². The largest absolute Gasteiger partial charge is 0.0885 e. The second kappa shape index (κ2) is 8.55. The summed E-state index contributed by atoms with van der Waals surface area (Å²) in [6, 6.07) is 0. The lowest BCUT2D eigenvalue weighted by Gasteiger charge is -1.91. The Morgan fingerprint density at radius 1 is 0.500 bits per heavy atom. The average molecular weight is 188 g/mol.